The Morgan fingerprint density at radius 1 is 1.28 bits per heavy atom. The second-order valence-corrected chi connectivity index (χ2v) is 5.58. The zero-order chi connectivity index (χ0) is 13.0. The topological polar surface area (TPSA) is 35.6 Å². The van der Waals surface area contributed by atoms with Gasteiger partial charge in [0.1, 0.15) is 0 Å². The van der Waals surface area contributed by atoms with Gasteiger partial charge in [-0.15, -0.1) is 0 Å². The molecule has 4 heteroatoms. The Hall–Kier alpha value is -0.610. The summed E-state index contributed by atoms with van der Waals surface area (Å²) in [6.07, 6.45) is 3.41. The van der Waals surface area contributed by atoms with Crippen LogP contribution >= 0.6 is 0 Å². The number of amides is 1. The molecule has 0 bridgehead atoms. The Bertz CT molecular complexity index is 280. The quantitative estimate of drug-likeness (QED) is 0.792. The molecule has 0 aromatic rings. The van der Waals surface area contributed by atoms with Crippen molar-refractivity contribution in [2.24, 2.45) is 5.92 Å². The molecule has 2 heterocycles. The average molecular weight is 253 g/mol. The Morgan fingerprint density at radius 2 is 2.11 bits per heavy atom. The van der Waals surface area contributed by atoms with Gasteiger partial charge in [-0.2, -0.15) is 0 Å². The lowest BCUT2D eigenvalue weighted by Gasteiger charge is -2.34. The number of rotatable bonds is 5. The van der Waals surface area contributed by atoms with E-state index >= 15 is 0 Å². The van der Waals surface area contributed by atoms with Gasteiger partial charge < -0.3 is 15.1 Å². The molecule has 2 saturated heterocycles. The zero-order valence-corrected chi connectivity index (χ0v) is 11.8. The standard InChI is InChI=1S/C14H27N3O/c1-3-15-13-6-5-8-17(14(13)18)11-12-7-9-16(4-2)10-12/h12-13,15H,3-11H2,1-2H3. The van der Waals surface area contributed by atoms with Crippen molar-refractivity contribution in [3.8, 4) is 0 Å². The van der Waals surface area contributed by atoms with E-state index in [1.54, 1.807) is 0 Å². The molecule has 0 saturated carbocycles. The summed E-state index contributed by atoms with van der Waals surface area (Å²) in [5.41, 5.74) is 0. The molecule has 0 aromatic heterocycles. The van der Waals surface area contributed by atoms with Crippen LogP contribution in [0.5, 0.6) is 0 Å². The molecule has 2 unspecified atom stereocenters. The molecule has 1 N–H and O–H groups in total. The SMILES string of the molecule is CCNC1CCCN(CC2CCN(CC)C2)C1=O. The molecular formula is C14H27N3O. The summed E-state index contributed by atoms with van der Waals surface area (Å²) in [5, 5.41) is 3.31. The second kappa shape index (κ2) is 6.53. The van der Waals surface area contributed by atoms with Crippen molar-refractivity contribution >= 4 is 5.91 Å². The van der Waals surface area contributed by atoms with Gasteiger partial charge in [-0.3, -0.25) is 4.79 Å². The van der Waals surface area contributed by atoms with E-state index in [1.807, 2.05) is 0 Å². The first kappa shape index (κ1) is 13.8. The number of likely N-dealkylation sites (N-methyl/N-ethyl adjacent to an activating group) is 1. The minimum absolute atomic E-state index is 0.0763. The fourth-order valence-electron chi connectivity index (χ4n) is 3.22. The lowest BCUT2D eigenvalue weighted by molar-refractivity contribution is -0.136. The highest BCUT2D eigenvalue weighted by molar-refractivity contribution is 5.82. The van der Waals surface area contributed by atoms with Crippen LogP contribution in [0.3, 0.4) is 0 Å². The third-order valence-corrected chi connectivity index (χ3v) is 4.28. The van der Waals surface area contributed by atoms with Crippen LogP contribution in [0.4, 0.5) is 0 Å². The molecule has 0 spiro atoms. The van der Waals surface area contributed by atoms with Crippen LogP contribution in [-0.2, 0) is 4.79 Å². The van der Waals surface area contributed by atoms with Crippen molar-refractivity contribution in [1.82, 2.24) is 15.1 Å². The maximum absolute atomic E-state index is 12.3. The van der Waals surface area contributed by atoms with Gasteiger partial charge in [0, 0.05) is 19.6 Å². The Morgan fingerprint density at radius 3 is 2.78 bits per heavy atom. The van der Waals surface area contributed by atoms with Crippen molar-refractivity contribution in [2.75, 3.05) is 39.3 Å². The maximum Gasteiger partial charge on any atom is 0.239 e. The predicted octanol–water partition coefficient (Wildman–Crippen LogP) is 0.929. The van der Waals surface area contributed by atoms with E-state index in [-0.39, 0.29) is 6.04 Å². The van der Waals surface area contributed by atoms with Crippen molar-refractivity contribution < 1.29 is 4.79 Å². The summed E-state index contributed by atoms with van der Waals surface area (Å²) in [4.78, 5) is 16.9. The summed E-state index contributed by atoms with van der Waals surface area (Å²) in [6, 6.07) is 0.0763. The monoisotopic (exact) mass is 253 g/mol. The number of piperidine rings is 1. The third kappa shape index (κ3) is 3.23. The van der Waals surface area contributed by atoms with Crippen LogP contribution in [0.1, 0.15) is 33.1 Å². The van der Waals surface area contributed by atoms with Crippen LogP contribution in [0.2, 0.25) is 0 Å². The van der Waals surface area contributed by atoms with Crippen molar-refractivity contribution in [3.63, 3.8) is 0 Å². The molecule has 2 aliphatic rings. The van der Waals surface area contributed by atoms with E-state index in [2.05, 4.69) is 29.0 Å². The predicted molar refractivity (Wildman–Crippen MR) is 73.5 cm³/mol. The van der Waals surface area contributed by atoms with Crippen molar-refractivity contribution in [1.29, 1.82) is 0 Å². The number of carbonyl (C=O) groups excluding carboxylic acids is 1. The number of nitrogens with one attached hydrogen (secondary N) is 1. The largest absolute Gasteiger partial charge is 0.341 e. The van der Waals surface area contributed by atoms with E-state index in [4.69, 9.17) is 0 Å². The van der Waals surface area contributed by atoms with Crippen molar-refractivity contribution in [3.05, 3.63) is 0 Å². The molecule has 2 atom stereocenters. The van der Waals surface area contributed by atoms with E-state index in [9.17, 15) is 4.79 Å². The smallest absolute Gasteiger partial charge is 0.239 e. The third-order valence-electron chi connectivity index (χ3n) is 4.28. The highest BCUT2D eigenvalue weighted by atomic mass is 16.2. The molecule has 18 heavy (non-hydrogen) atoms. The van der Waals surface area contributed by atoms with E-state index < -0.39 is 0 Å². The van der Waals surface area contributed by atoms with Crippen LogP contribution < -0.4 is 5.32 Å². The number of hydrogen-bond acceptors (Lipinski definition) is 3. The lowest BCUT2D eigenvalue weighted by atomic mass is 10.0. The van der Waals surface area contributed by atoms with E-state index in [1.165, 1.54) is 19.5 Å². The summed E-state index contributed by atoms with van der Waals surface area (Å²) < 4.78 is 0. The maximum atomic E-state index is 12.3. The number of carbonyl (C=O) groups is 1. The molecule has 0 aromatic carbocycles. The number of hydrogen-bond donors (Lipinski definition) is 1. The zero-order valence-electron chi connectivity index (χ0n) is 11.8. The molecule has 0 aliphatic carbocycles. The van der Waals surface area contributed by atoms with Crippen LogP contribution in [-0.4, -0.2) is 61.0 Å². The Balaban J connectivity index is 1.83. The number of nitrogens with zero attached hydrogens (tertiary/aromatic N) is 2. The van der Waals surface area contributed by atoms with Gasteiger partial charge in [0.25, 0.3) is 0 Å². The molecule has 2 aliphatic heterocycles. The molecule has 1 amide bonds. The highest BCUT2D eigenvalue weighted by Gasteiger charge is 2.31. The first-order valence-electron chi connectivity index (χ1n) is 7.49. The first-order valence-corrected chi connectivity index (χ1v) is 7.49. The fourth-order valence-corrected chi connectivity index (χ4v) is 3.22. The van der Waals surface area contributed by atoms with Gasteiger partial charge in [0.2, 0.25) is 5.91 Å². The normalized spacial score (nSPS) is 30.1. The summed E-state index contributed by atoms with van der Waals surface area (Å²) in [6.45, 7) is 10.6. The second-order valence-electron chi connectivity index (χ2n) is 5.58. The minimum Gasteiger partial charge on any atom is -0.341 e. The molecule has 0 radical (unpaired) electrons. The summed E-state index contributed by atoms with van der Waals surface area (Å²) in [5.74, 6) is 1.02. The summed E-state index contributed by atoms with van der Waals surface area (Å²) in [7, 11) is 0. The lowest BCUT2D eigenvalue weighted by Crippen LogP contribution is -2.51. The van der Waals surface area contributed by atoms with E-state index in [0.29, 0.717) is 11.8 Å². The highest BCUT2D eigenvalue weighted by Crippen LogP contribution is 2.20. The number of likely N-dealkylation sites (tertiary alicyclic amines) is 2. The summed E-state index contributed by atoms with van der Waals surface area (Å²) >= 11 is 0. The van der Waals surface area contributed by atoms with Gasteiger partial charge in [-0.1, -0.05) is 13.8 Å². The minimum atomic E-state index is 0.0763. The van der Waals surface area contributed by atoms with Crippen LogP contribution in [0, 0.1) is 5.92 Å². The molecule has 2 fully saturated rings. The van der Waals surface area contributed by atoms with Gasteiger partial charge >= 0.3 is 0 Å². The van der Waals surface area contributed by atoms with Crippen molar-refractivity contribution in [2.45, 2.75) is 39.2 Å². The fraction of sp³-hybridized carbons (Fsp3) is 0.929. The average Bonchev–Trinajstić information content (AvgIpc) is 2.82. The van der Waals surface area contributed by atoms with Crippen LogP contribution in [0.25, 0.3) is 0 Å². The van der Waals surface area contributed by atoms with E-state index in [0.717, 1.165) is 39.0 Å². The first-order chi connectivity index (χ1) is 8.74. The van der Waals surface area contributed by atoms with Gasteiger partial charge in [-0.25, -0.2) is 0 Å². The van der Waals surface area contributed by atoms with Crippen LogP contribution in [0.15, 0.2) is 0 Å². The molecule has 4 nitrogen and oxygen atoms in total. The van der Waals surface area contributed by atoms with Gasteiger partial charge in [0.05, 0.1) is 6.04 Å². The molecular weight excluding hydrogens is 226 g/mol. The molecule has 104 valence electrons. The van der Waals surface area contributed by atoms with Gasteiger partial charge in [-0.05, 0) is 44.8 Å². The Labute approximate surface area is 111 Å². The Kier molecular flexibility index (Phi) is 5.01. The van der Waals surface area contributed by atoms with Gasteiger partial charge in [0.15, 0.2) is 0 Å². The molecule has 2 rings (SSSR count).